The summed E-state index contributed by atoms with van der Waals surface area (Å²) in [6, 6.07) is 9.68. The molecule has 5 heteroatoms. The molecule has 2 aliphatic rings. The van der Waals surface area contributed by atoms with Gasteiger partial charge in [-0.1, -0.05) is 18.2 Å². The molecule has 4 rings (SSSR count). The molecule has 22 heavy (non-hydrogen) atoms. The first-order valence-electron chi connectivity index (χ1n) is 7.53. The zero-order chi connectivity index (χ0) is 15.7. The first-order chi connectivity index (χ1) is 10.3. The monoisotopic (exact) mass is 295 g/mol. The van der Waals surface area contributed by atoms with E-state index in [0.29, 0.717) is 5.56 Å². The predicted molar refractivity (Wildman–Crippen MR) is 87.6 cm³/mol. The average molecular weight is 295 g/mol. The van der Waals surface area contributed by atoms with Gasteiger partial charge in [0.15, 0.2) is 0 Å². The van der Waals surface area contributed by atoms with Crippen molar-refractivity contribution in [3.63, 3.8) is 0 Å². The molecule has 0 spiro atoms. The molecule has 1 N–H and O–H groups in total. The Morgan fingerprint density at radius 2 is 1.68 bits per heavy atom. The molecule has 0 bridgehead atoms. The summed E-state index contributed by atoms with van der Waals surface area (Å²) in [5.74, 6) is -0.0494. The van der Waals surface area contributed by atoms with Crippen molar-refractivity contribution in [2.75, 3.05) is 5.32 Å². The minimum atomic E-state index is -0.426. The maximum absolute atomic E-state index is 12.0. The molecule has 2 aromatic rings. The quantitative estimate of drug-likeness (QED) is 0.823. The lowest BCUT2D eigenvalue weighted by atomic mass is 9.75. The zero-order valence-electron chi connectivity index (χ0n) is 13.2. The van der Waals surface area contributed by atoms with Crippen LogP contribution in [0, 0.1) is 0 Å². The van der Waals surface area contributed by atoms with Crippen LogP contribution in [0.2, 0.25) is 0 Å². The molecular formula is C17H18BNO3. The molecule has 0 radical (unpaired) electrons. The summed E-state index contributed by atoms with van der Waals surface area (Å²) in [4.78, 5) is 12.0. The second-order valence-corrected chi connectivity index (χ2v) is 6.97. The van der Waals surface area contributed by atoms with E-state index in [1.165, 1.54) is 0 Å². The van der Waals surface area contributed by atoms with E-state index in [0.717, 1.165) is 21.9 Å². The fourth-order valence-corrected chi connectivity index (χ4v) is 3.09. The van der Waals surface area contributed by atoms with Crippen molar-refractivity contribution in [3.8, 4) is 0 Å². The summed E-state index contributed by atoms with van der Waals surface area (Å²) < 4.78 is 12.3. The highest BCUT2D eigenvalue weighted by Gasteiger charge is 2.52. The minimum Gasteiger partial charge on any atom is -0.399 e. The Morgan fingerprint density at radius 3 is 2.36 bits per heavy atom. The summed E-state index contributed by atoms with van der Waals surface area (Å²) in [7, 11) is -0.426. The van der Waals surface area contributed by atoms with Crippen LogP contribution in [0.25, 0.3) is 10.8 Å². The topological polar surface area (TPSA) is 47.6 Å². The van der Waals surface area contributed by atoms with Gasteiger partial charge in [-0.15, -0.1) is 0 Å². The Bertz CT molecular complexity index is 797. The van der Waals surface area contributed by atoms with Crippen molar-refractivity contribution in [3.05, 3.63) is 35.9 Å². The van der Waals surface area contributed by atoms with Crippen LogP contribution in [0.3, 0.4) is 0 Å². The lowest BCUT2D eigenvalue weighted by Crippen LogP contribution is -2.41. The number of carbonyl (C=O) groups excluding carboxylic acids is 1. The number of anilines is 1. The number of hydrogen-bond donors (Lipinski definition) is 1. The standard InChI is InChI=1S/C17H18BNO3/c1-16(2)17(3,4)22-18(21-16)12-9-8-11-14-10(12)6-5-7-13(14)19-15(11)20/h5-9H,1-4H3,(H,19,20). The molecule has 1 saturated heterocycles. The van der Waals surface area contributed by atoms with Crippen LogP contribution in [0.1, 0.15) is 38.1 Å². The third-order valence-corrected chi connectivity index (χ3v) is 5.07. The van der Waals surface area contributed by atoms with Gasteiger partial charge in [0.05, 0.1) is 11.2 Å². The highest BCUT2D eigenvalue weighted by atomic mass is 16.7. The van der Waals surface area contributed by atoms with E-state index >= 15 is 0 Å². The summed E-state index contributed by atoms with van der Waals surface area (Å²) >= 11 is 0. The van der Waals surface area contributed by atoms with Crippen molar-refractivity contribution in [2.45, 2.75) is 38.9 Å². The van der Waals surface area contributed by atoms with Crippen LogP contribution in [-0.2, 0) is 9.31 Å². The Hall–Kier alpha value is -1.85. The number of benzene rings is 2. The molecule has 1 amide bonds. The van der Waals surface area contributed by atoms with Gasteiger partial charge in [-0.2, -0.15) is 0 Å². The van der Waals surface area contributed by atoms with Crippen molar-refractivity contribution >= 4 is 34.9 Å². The summed E-state index contributed by atoms with van der Waals surface area (Å²) in [5, 5.41) is 4.87. The van der Waals surface area contributed by atoms with E-state index in [1.54, 1.807) is 0 Å². The summed E-state index contributed by atoms with van der Waals surface area (Å²) in [6.07, 6.45) is 0. The molecule has 1 fully saturated rings. The van der Waals surface area contributed by atoms with Crippen molar-refractivity contribution < 1.29 is 14.1 Å². The molecule has 0 saturated carbocycles. The van der Waals surface area contributed by atoms with Crippen LogP contribution < -0.4 is 10.8 Å². The highest BCUT2D eigenvalue weighted by Crippen LogP contribution is 2.38. The second kappa shape index (κ2) is 4.12. The maximum Gasteiger partial charge on any atom is 0.495 e. The molecule has 2 heterocycles. The fraction of sp³-hybridized carbons (Fsp3) is 0.353. The fourth-order valence-electron chi connectivity index (χ4n) is 3.09. The lowest BCUT2D eigenvalue weighted by Gasteiger charge is -2.32. The van der Waals surface area contributed by atoms with Gasteiger partial charge in [0.2, 0.25) is 0 Å². The third-order valence-electron chi connectivity index (χ3n) is 5.07. The van der Waals surface area contributed by atoms with Crippen LogP contribution in [0.15, 0.2) is 30.3 Å². The second-order valence-electron chi connectivity index (χ2n) is 6.97. The number of amides is 1. The van der Waals surface area contributed by atoms with Crippen molar-refractivity contribution in [1.82, 2.24) is 0 Å². The summed E-state index contributed by atoms with van der Waals surface area (Å²) in [6.45, 7) is 8.16. The molecule has 0 aromatic heterocycles. The molecule has 0 aliphatic carbocycles. The first-order valence-corrected chi connectivity index (χ1v) is 7.53. The molecular weight excluding hydrogens is 277 g/mol. The van der Waals surface area contributed by atoms with E-state index in [-0.39, 0.29) is 17.1 Å². The Balaban J connectivity index is 1.89. The summed E-state index contributed by atoms with van der Waals surface area (Å²) in [5.41, 5.74) is 1.78. The molecule has 4 nitrogen and oxygen atoms in total. The first kappa shape index (κ1) is 13.8. The molecule has 2 aliphatic heterocycles. The highest BCUT2D eigenvalue weighted by molar-refractivity contribution is 6.65. The van der Waals surface area contributed by atoms with Crippen LogP contribution in [0.4, 0.5) is 5.69 Å². The van der Waals surface area contributed by atoms with Gasteiger partial charge < -0.3 is 14.6 Å². The number of rotatable bonds is 1. The van der Waals surface area contributed by atoms with Gasteiger partial charge in [-0.25, -0.2) is 0 Å². The molecule has 2 aromatic carbocycles. The van der Waals surface area contributed by atoms with Crippen LogP contribution in [-0.4, -0.2) is 24.2 Å². The van der Waals surface area contributed by atoms with Gasteiger partial charge in [0, 0.05) is 16.6 Å². The largest absolute Gasteiger partial charge is 0.495 e. The SMILES string of the molecule is CC1(C)OB(c2ccc3c4c(cccc24)NC3=O)OC1(C)C. The van der Waals surface area contributed by atoms with E-state index in [2.05, 4.69) is 5.32 Å². The van der Waals surface area contributed by atoms with E-state index < -0.39 is 7.12 Å². The van der Waals surface area contributed by atoms with Crippen LogP contribution in [0.5, 0.6) is 0 Å². The zero-order valence-corrected chi connectivity index (χ0v) is 13.2. The lowest BCUT2D eigenvalue weighted by molar-refractivity contribution is 0.00578. The van der Waals surface area contributed by atoms with Gasteiger partial charge in [0.25, 0.3) is 5.91 Å². The van der Waals surface area contributed by atoms with Crippen molar-refractivity contribution in [2.24, 2.45) is 0 Å². The van der Waals surface area contributed by atoms with Crippen LogP contribution >= 0.6 is 0 Å². The Kier molecular flexibility index (Phi) is 2.58. The Morgan fingerprint density at radius 1 is 1.00 bits per heavy atom. The predicted octanol–water partition coefficient (Wildman–Crippen LogP) is 2.70. The number of hydrogen-bond acceptors (Lipinski definition) is 3. The van der Waals surface area contributed by atoms with E-state index in [1.807, 2.05) is 58.0 Å². The molecule has 112 valence electrons. The van der Waals surface area contributed by atoms with Gasteiger partial charge >= 0.3 is 7.12 Å². The molecule has 0 atom stereocenters. The number of nitrogens with one attached hydrogen (secondary N) is 1. The minimum absolute atomic E-state index is 0.0494. The molecule has 0 unspecified atom stereocenters. The van der Waals surface area contributed by atoms with E-state index in [9.17, 15) is 4.79 Å². The van der Waals surface area contributed by atoms with Gasteiger partial charge in [0.1, 0.15) is 0 Å². The van der Waals surface area contributed by atoms with Gasteiger partial charge in [-0.3, -0.25) is 4.79 Å². The number of carbonyl (C=O) groups is 1. The average Bonchev–Trinajstić information content (AvgIpc) is 2.86. The third kappa shape index (κ3) is 1.69. The Labute approximate surface area is 129 Å². The van der Waals surface area contributed by atoms with Gasteiger partial charge in [-0.05, 0) is 50.7 Å². The van der Waals surface area contributed by atoms with Crippen molar-refractivity contribution in [1.29, 1.82) is 0 Å². The smallest absolute Gasteiger partial charge is 0.399 e. The maximum atomic E-state index is 12.0. The normalized spacial score (nSPS) is 21.5. The van der Waals surface area contributed by atoms with E-state index in [4.69, 9.17) is 9.31 Å².